The van der Waals surface area contributed by atoms with Gasteiger partial charge >= 0.3 is 5.97 Å². The van der Waals surface area contributed by atoms with E-state index < -0.39 is 0 Å². The number of halogens is 1. The summed E-state index contributed by atoms with van der Waals surface area (Å²) in [4.78, 5) is 31.9. The molecule has 6 heteroatoms. The van der Waals surface area contributed by atoms with Gasteiger partial charge < -0.3 is 9.64 Å². The summed E-state index contributed by atoms with van der Waals surface area (Å²) in [6.45, 7) is 7.85. The standard InChI is InChI=1S/C30H33ClN2O3/c1-4-36-30(35)23-12-15-33(16-13-23)26-8-5-22(6-9-26)28(27-10-7-25(31)17-20(27)2)19-29(34)24-11-14-32-21(3)18-24/h5-11,14,17-18,23,28H,4,12-13,15-16,19H2,1-3H3. The van der Waals surface area contributed by atoms with Crippen molar-refractivity contribution in [1.29, 1.82) is 0 Å². The van der Waals surface area contributed by atoms with E-state index in [1.165, 1.54) is 0 Å². The molecule has 4 rings (SSSR count). The number of hydrogen-bond donors (Lipinski definition) is 0. The van der Waals surface area contributed by atoms with E-state index in [1.54, 1.807) is 12.3 Å². The van der Waals surface area contributed by atoms with Crippen molar-refractivity contribution >= 4 is 29.0 Å². The molecule has 1 aliphatic rings. The van der Waals surface area contributed by atoms with Gasteiger partial charge in [0, 0.05) is 53.6 Å². The highest BCUT2D eigenvalue weighted by Gasteiger charge is 2.27. The predicted molar refractivity (Wildman–Crippen MR) is 144 cm³/mol. The van der Waals surface area contributed by atoms with Crippen molar-refractivity contribution in [3.63, 3.8) is 0 Å². The number of ether oxygens (including phenoxy) is 1. The average molecular weight is 505 g/mol. The largest absolute Gasteiger partial charge is 0.466 e. The van der Waals surface area contributed by atoms with Gasteiger partial charge in [0.25, 0.3) is 0 Å². The van der Waals surface area contributed by atoms with Gasteiger partial charge in [0.2, 0.25) is 0 Å². The zero-order chi connectivity index (χ0) is 25.7. The van der Waals surface area contributed by atoms with Crippen LogP contribution in [-0.2, 0) is 9.53 Å². The van der Waals surface area contributed by atoms with Crippen molar-refractivity contribution in [1.82, 2.24) is 4.98 Å². The SMILES string of the molecule is CCOC(=O)C1CCN(c2ccc(C(CC(=O)c3ccnc(C)c3)c3ccc(Cl)cc3C)cc2)CC1. The number of carbonyl (C=O) groups excluding carboxylic acids is 2. The minimum Gasteiger partial charge on any atom is -0.466 e. The highest BCUT2D eigenvalue weighted by Crippen LogP contribution is 2.34. The molecule has 1 fully saturated rings. The molecule has 1 aromatic heterocycles. The van der Waals surface area contributed by atoms with Crippen molar-refractivity contribution in [2.75, 3.05) is 24.6 Å². The third-order valence-electron chi connectivity index (χ3n) is 6.99. The number of pyridine rings is 1. The molecule has 0 saturated carbocycles. The second-order valence-electron chi connectivity index (χ2n) is 9.47. The number of aromatic nitrogens is 1. The average Bonchev–Trinajstić information content (AvgIpc) is 2.88. The molecular weight excluding hydrogens is 472 g/mol. The fraction of sp³-hybridized carbons (Fsp3) is 0.367. The Morgan fingerprint density at radius 3 is 2.42 bits per heavy atom. The fourth-order valence-electron chi connectivity index (χ4n) is 5.01. The van der Waals surface area contributed by atoms with Crippen LogP contribution in [0.25, 0.3) is 0 Å². The van der Waals surface area contributed by atoms with Crippen molar-refractivity contribution < 1.29 is 14.3 Å². The number of ketones is 1. The van der Waals surface area contributed by atoms with E-state index in [1.807, 2.05) is 45.0 Å². The monoisotopic (exact) mass is 504 g/mol. The van der Waals surface area contributed by atoms with Crippen molar-refractivity contribution in [2.45, 2.75) is 46.0 Å². The quantitative estimate of drug-likeness (QED) is 0.257. The molecule has 1 unspecified atom stereocenters. The lowest BCUT2D eigenvalue weighted by molar-refractivity contribution is -0.148. The van der Waals surface area contributed by atoms with Crippen molar-refractivity contribution in [3.8, 4) is 0 Å². The lowest BCUT2D eigenvalue weighted by Gasteiger charge is -2.33. The van der Waals surface area contributed by atoms with Crippen molar-refractivity contribution in [3.05, 3.63) is 93.8 Å². The molecule has 1 saturated heterocycles. The molecule has 0 radical (unpaired) electrons. The second-order valence-corrected chi connectivity index (χ2v) is 9.91. The molecule has 0 N–H and O–H groups in total. The molecule has 3 aromatic rings. The summed E-state index contributed by atoms with van der Waals surface area (Å²) in [6, 6.07) is 18.0. The lowest BCUT2D eigenvalue weighted by Crippen LogP contribution is -2.36. The maximum Gasteiger partial charge on any atom is 0.309 e. The molecule has 0 aliphatic carbocycles. The first-order valence-electron chi connectivity index (χ1n) is 12.6. The number of nitrogens with zero attached hydrogens (tertiary/aromatic N) is 2. The van der Waals surface area contributed by atoms with Crippen LogP contribution < -0.4 is 4.90 Å². The highest BCUT2D eigenvalue weighted by atomic mass is 35.5. The number of aryl methyl sites for hydroxylation is 2. The molecular formula is C30H33ClN2O3. The Balaban J connectivity index is 1.55. The van der Waals surface area contributed by atoms with Crippen LogP contribution in [0.1, 0.15) is 64.8 Å². The van der Waals surface area contributed by atoms with E-state index in [4.69, 9.17) is 16.3 Å². The van der Waals surface area contributed by atoms with Crippen LogP contribution in [0.15, 0.2) is 60.8 Å². The Morgan fingerprint density at radius 2 is 1.78 bits per heavy atom. The normalized spacial score (nSPS) is 14.9. The molecule has 2 heterocycles. The number of piperidine rings is 1. The van der Waals surface area contributed by atoms with Gasteiger partial charge in [0.15, 0.2) is 5.78 Å². The van der Waals surface area contributed by atoms with Gasteiger partial charge in [-0.25, -0.2) is 0 Å². The summed E-state index contributed by atoms with van der Waals surface area (Å²) >= 11 is 6.23. The van der Waals surface area contributed by atoms with E-state index in [-0.39, 0.29) is 23.6 Å². The van der Waals surface area contributed by atoms with E-state index in [2.05, 4.69) is 34.1 Å². The van der Waals surface area contributed by atoms with Crippen LogP contribution in [0, 0.1) is 19.8 Å². The Hall–Kier alpha value is -3.18. The Morgan fingerprint density at radius 1 is 1.06 bits per heavy atom. The summed E-state index contributed by atoms with van der Waals surface area (Å²) in [7, 11) is 0. The van der Waals surface area contributed by atoms with Crippen LogP contribution >= 0.6 is 11.6 Å². The summed E-state index contributed by atoms with van der Waals surface area (Å²) in [5, 5.41) is 0.688. The van der Waals surface area contributed by atoms with Crippen LogP contribution in [0.4, 0.5) is 5.69 Å². The number of anilines is 1. The molecule has 0 amide bonds. The second kappa shape index (κ2) is 11.7. The summed E-state index contributed by atoms with van der Waals surface area (Å²) < 4.78 is 5.20. The first-order chi connectivity index (χ1) is 17.4. The fourth-order valence-corrected chi connectivity index (χ4v) is 5.24. The number of esters is 1. The molecule has 5 nitrogen and oxygen atoms in total. The van der Waals surface area contributed by atoms with Gasteiger partial charge in [-0.05, 0) is 86.7 Å². The zero-order valence-electron chi connectivity index (χ0n) is 21.2. The number of hydrogen-bond acceptors (Lipinski definition) is 5. The first-order valence-corrected chi connectivity index (χ1v) is 13.0. The van der Waals surface area contributed by atoms with Gasteiger partial charge in [-0.3, -0.25) is 14.6 Å². The molecule has 1 aliphatic heterocycles. The molecule has 1 atom stereocenters. The number of rotatable bonds is 8. The van der Waals surface area contributed by atoms with Crippen LogP contribution in [0.2, 0.25) is 5.02 Å². The Kier molecular flexibility index (Phi) is 8.42. The minimum atomic E-state index is -0.0909. The van der Waals surface area contributed by atoms with Gasteiger partial charge in [-0.2, -0.15) is 0 Å². The van der Waals surface area contributed by atoms with Crippen molar-refractivity contribution in [2.24, 2.45) is 5.92 Å². The predicted octanol–water partition coefficient (Wildman–Crippen LogP) is 6.54. The molecule has 0 bridgehead atoms. The first kappa shape index (κ1) is 25.9. The number of carbonyl (C=O) groups is 2. The van der Waals surface area contributed by atoms with E-state index in [9.17, 15) is 9.59 Å². The van der Waals surface area contributed by atoms with Crippen LogP contribution in [0.5, 0.6) is 0 Å². The van der Waals surface area contributed by atoms with E-state index in [0.29, 0.717) is 23.6 Å². The summed E-state index contributed by atoms with van der Waals surface area (Å²) in [5.41, 5.74) is 5.89. The minimum absolute atomic E-state index is 0.0134. The van der Waals surface area contributed by atoms with Gasteiger partial charge in [0.1, 0.15) is 0 Å². The van der Waals surface area contributed by atoms with Crippen LogP contribution in [0.3, 0.4) is 0 Å². The topological polar surface area (TPSA) is 59.5 Å². The van der Waals surface area contributed by atoms with Gasteiger partial charge in [0.05, 0.1) is 12.5 Å². The summed E-state index contributed by atoms with van der Waals surface area (Å²) in [5.74, 6) is -0.0971. The Bertz CT molecular complexity index is 1220. The highest BCUT2D eigenvalue weighted by molar-refractivity contribution is 6.30. The number of Topliss-reactive ketones (excluding diaryl/α,β-unsaturated/α-hetero) is 1. The van der Waals surface area contributed by atoms with Gasteiger partial charge in [-0.15, -0.1) is 0 Å². The molecule has 0 spiro atoms. The van der Waals surface area contributed by atoms with E-state index >= 15 is 0 Å². The lowest BCUT2D eigenvalue weighted by atomic mass is 9.83. The maximum absolute atomic E-state index is 13.3. The van der Waals surface area contributed by atoms with Crippen LogP contribution in [-0.4, -0.2) is 36.4 Å². The van der Waals surface area contributed by atoms with E-state index in [0.717, 1.165) is 54.0 Å². The number of benzene rings is 2. The Labute approximate surface area is 218 Å². The third-order valence-corrected chi connectivity index (χ3v) is 7.23. The summed E-state index contributed by atoms with van der Waals surface area (Å²) in [6.07, 6.45) is 3.64. The third kappa shape index (κ3) is 6.14. The zero-order valence-corrected chi connectivity index (χ0v) is 21.9. The molecule has 188 valence electrons. The molecule has 36 heavy (non-hydrogen) atoms. The molecule has 2 aromatic carbocycles. The smallest absolute Gasteiger partial charge is 0.309 e. The maximum atomic E-state index is 13.3. The van der Waals surface area contributed by atoms with Gasteiger partial charge in [-0.1, -0.05) is 29.8 Å².